The maximum atomic E-state index is 12.4. The molecule has 0 atom stereocenters. The minimum absolute atomic E-state index is 0.139. The third-order valence-electron chi connectivity index (χ3n) is 3.98. The number of carbonyl (C=O) groups excluding carboxylic acids is 1. The van der Waals surface area contributed by atoms with Gasteiger partial charge in [0.05, 0.1) is 12.9 Å². The average molecular weight is 379 g/mol. The zero-order valence-electron chi connectivity index (χ0n) is 15.2. The summed E-state index contributed by atoms with van der Waals surface area (Å²) in [5.41, 5.74) is 1.96. The molecule has 0 aliphatic carbocycles. The molecule has 2 aromatic carbocycles. The van der Waals surface area contributed by atoms with Crippen LogP contribution in [0.3, 0.4) is 0 Å². The molecule has 0 aliphatic heterocycles. The lowest BCUT2D eigenvalue weighted by Crippen LogP contribution is -2.07. The molecule has 1 heterocycles. The Morgan fingerprint density at radius 2 is 1.89 bits per heavy atom. The first-order valence-electron chi connectivity index (χ1n) is 8.58. The van der Waals surface area contributed by atoms with E-state index >= 15 is 0 Å². The van der Waals surface area contributed by atoms with E-state index in [2.05, 4.69) is 16.8 Å². The van der Waals surface area contributed by atoms with Gasteiger partial charge in [0, 0.05) is 18.5 Å². The summed E-state index contributed by atoms with van der Waals surface area (Å²) in [5.74, 6) is 2.04. The first-order valence-corrected chi connectivity index (χ1v) is 9.56. The van der Waals surface area contributed by atoms with Gasteiger partial charge in [-0.1, -0.05) is 60.3 Å². The largest absolute Gasteiger partial charge is 0.497 e. The number of ketones is 1. The Morgan fingerprint density at radius 3 is 2.56 bits per heavy atom. The molecule has 5 nitrogen and oxygen atoms in total. The number of nitrogens with zero attached hydrogens (tertiary/aromatic N) is 3. The zero-order chi connectivity index (χ0) is 19.1. The highest BCUT2D eigenvalue weighted by molar-refractivity contribution is 7.99. The predicted octanol–water partition coefficient (Wildman–Crippen LogP) is 4.04. The topological polar surface area (TPSA) is 57.0 Å². The van der Waals surface area contributed by atoms with E-state index in [0.29, 0.717) is 18.7 Å². The highest BCUT2D eigenvalue weighted by atomic mass is 32.2. The van der Waals surface area contributed by atoms with E-state index in [-0.39, 0.29) is 5.78 Å². The molecule has 0 radical (unpaired) electrons. The molecule has 0 spiro atoms. The van der Waals surface area contributed by atoms with Crippen molar-refractivity contribution in [3.05, 3.63) is 72.8 Å². The number of aromatic nitrogens is 3. The predicted molar refractivity (Wildman–Crippen MR) is 108 cm³/mol. The summed E-state index contributed by atoms with van der Waals surface area (Å²) >= 11 is 1.40. The third kappa shape index (κ3) is 4.86. The first-order chi connectivity index (χ1) is 13.2. The third-order valence-corrected chi connectivity index (χ3v) is 5.01. The molecule has 0 amide bonds. The molecule has 0 fully saturated rings. The van der Waals surface area contributed by atoms with E-state index in [4.69, 9.17) is 4.74 Å². The Balaban J connectivity index is 1.67. The average Bonchev–Trinajstić information content (AvgIpc) is 3.10. The second-order valence-electron chi connectivity index (χ2n) is 5.92. The number of allylic oxidation sites excluding steroid dienone is 1. The van der Waals surface area contributed by atoms with E-state index in [1.165, 1.54) is 11.8 Å². The van der Waals surface area contributed by atoms with Crippen LogP contribution in [-0.2, 0) is 17.8 Å². The molecule has 0 bridgehead atoms. The van der Waals surface area contributed by atoms with Crippen molar-refractivity contribution < 1.29 is 9.53 Å². The zero-order valence-corrected chi connectivity index (χ0v) is 16.0. The smallest absolute Gasteiger partial charge is 0.192 e. The number of methoxy groups -OCH3 is 1. The van der Waals surface area contributed by atoms with Gasteiger partial charge in [0.15, 0.2) is 11.0 Å². The molecule has 3 rings (SSSR count). The second kappa shape index (κ2) is 9.19. The molecule has 138 valence electrons. The van der Waals surface area contributed by atoms with Gasteiger partial charge in [-0.15, -0.1) is 16.8 Å². The lowest BCUT2D eigenvalue weighted by molar-refractivity contribution is -0.116. The van der Waals surface area contributed by atoms with Crippen LogP contribution >= 0.6 is 11.8 Å². The lowest BCUT2D eigenvalue weighted by atomic mass is 10.1. The molecular weight excluding hydrogens is 358 g/mol. The lowest BCUT2D eigenvalue weighted by Gasteiger charge is -2.07. The molecule has 0 N–H and O–H groups in total. The molecule has 6 heteroatoms. The number of Topliss-reactive ketones (excluding diaryl/α,β-unsaturated/α-hetero) is 1. The number of benzene rings is 2. The van der Waals surface area contributed by atoms with Gasteiger partial charge >= 0.3 is 0 Å². The molecule has 0 saturated heterocycles. The Kier molecular flexibility index (Phi) is 6.44. The number of hydrogen-bond donors (Lipinski definition) is 0. The van der Waals surface area contributed by atoms with Gasteiger partial charge in [-0.05, 0) is 17.7 Å². The van der Waals surface area contributed by atoms with Crippen molar-refractivity contribution in [3.63, 3.8) is 0 Å². The van der Waals surface area contributed by atoms with Crippen molar-refractivity contribution in [3.8, 4) is 17.1 Å². The number of carbonyl (C=O) groups is 1. The molecule has 27 heavy (non-hydrogen) atoms. The van der Waals surface area contributed by atoms with Gasteiger partial charge in [-0.25, -0.2) is 0 Å². The maximum Gasteiger partial charge on any atom is 0.192 e. The van der Waals surface area contributed by atoms with Crippen molar-refractivity contribution in [1.29, 1.82) is 0 Å². The monoisotopic (exact) mass is 379 g/mol. The summed E-state index contributed by atoms with van der Waals surface area (Å²) in [5, 5.41) is 9.30. The van der Waals surface area contributed by atoms with Crippen LogP contribution in [0.5, 0.6) is 5.75 Å². The SMILES string of the molecule is C=CCn1c(SCC(=O)Cc2ccc(OC)cc2)nnc1-c1ccccc1. The summed E-state index contributed by atoms with van der Waals surface area (Å²) in [4.78, 5) is 12.4. The van der Waals surface area contributed by atoms with Gasteiger partial charge < -0.3 is 4.74 Å². The van der Waals surface area contributed by atoms with Crippen LogP contribution in [0, 0.1) is 0 Å². The molecular formula is C21H21N3O2S. The van der Waals surface area contributed by atoms with E-state index in [0.717, 1.165) is 27.9 Å². The Hall–Kier alpha value is -2.86. The van der Waals surface area contributed by atoms with Gasteiger partial charge in [0.2, 0.25) is 0 Å². The molecule has 0 unspecified atom stereocenters. The van der Waals surface area contributed by atoms with Gasteiger partial charge in [-0.3, -0.25) is 9.36 Å². The van der Waals surface area contributed by atoms with Crippen LogP contribution in [0.4, 0.5) is 0 Å². The molecule has 3 aromatic rings. The molecule has 0 saturated carbocycles. The van der Waals surface area contributed by atoms with Gasteiger partial charge in [-0.2, -0.15) is 0 Å². The van der Waals surface area contributed by atoms with Crippen molar-refractivity contribution >= 4 is 17.5 Å². The van der Waals surface area contributed by atoms with E-state index in [1.807, 2.05) is 59.2 Å². The van der Waals surface area contributed by atoms with Crippen LogP contribution < -0.4 is 4.74 Å². The van der Waals surface area contributed by atoms with Crippen LogP contribution in [-0.4, -0.2) is 33.4 Å². The fourth-order valence-corrected chi connectivity index (χ4v) is 3.46. The quantitative estimate of drug-likeness (QED) is 0.415. The van der Waals surface area contributed by atoms with Gasteiger partial charge in [0.25, 0.3) is 0 Å². The van der Waals surface area contributed by atoms with Crippen LogP contribution in [0.25, 0.3) is 11.4 Å². The summed E-state index contributed by atoms with van der Waals surface area (Å²) in [6.07, 6.45) is 2.19. The molecule has 1 aromatic heterocycles. The van der Waals surface area contributed by atoms with E-state index in [1.54, 1.807) is 13.2 Å². The minimum Gasteiger partial charge on any atom is -0.497 e. The molecule has 0 aliphatic rings. The van der Waals surface area contributed by atoms with E-state index in [9.17, 15) is 4.79 Å². The Morgan fingerprint density at radius 1 is 1.15 bits per heavy atom. The highest BCUT2D eigenvalue weighted by Crippen LogP contribution is 2.24. The van der Waals surface area contributed by atoms with Crippen molar-refractivity contribution in [2.45, 2.75) is 18.1 Å². The summed E-state index contributed by atoms with van der Waals surface area (Å²) in [6, 6.07) is 17.4. The van der Waals surface area contributed by atoms with E-state index < -0.39 is 0 Å². The number of ether oxygens (including phenoxy) is 1. The van der Waals surface area contributed by atoms with Crippen molar-refractivity contribution in [2.24, 2.45) is 0 Å². The number of hydrogen-bond acceptors (Lipinski definition) is 5. The Labute approximate surface area is 163 Å². The van der Waals surface area contributed by atoms with Crippen LogP contribution in [0.15, 0.2) is 72.4 Å². The second-order valence-corrected chi connectivity index (χ2v) is 6.87. The number of rotatable bonds is 9. The fourth-order valence-electron chi connectivity index (χ4n) is 2.66. The summed E-state index contributed by atoms with van der Waals surface area (Å²) in [7, 11) is 1.62. The highest BCUT2D eigenvalue weighted by Gasteiger charge is 2.15. The normalized spacial score (nSPS) is 10.6. The fraction of sp³-hybridized carbons (Fsp3) is 0.190. The standard InChI is InChI=1S/C21H21N3O2S/c1-3-13-24-20(17-7-5-4-6-8-17)22-23-21(24)27-15-18(25)14-16-9-11-19(26-2)12-10-16/h3-12H,1,13-15H2,2H3. The van der Waals surface area contributed by atoms with Crippen LogP contribution in [0.2, 0.25) is 0 Å². The van der Waals surface area contributed by atoms with Crippen molar-refractivity contribution in [1.82, 2.24) is 14.8 Å². The summed E-state index contributed by atoms with van der Waals surface area (Å²) < 4.78 is 7.12. The maximum absolute atomic E-state index is 12.4. The Bertz CT molecular complexity index is 905. The summed E-state index contributed by atoms with van der Waals surface area (Å²) in [6.45, 7) is 4.40. The number of thioether (sulfide) groups is 1. The minimum atomic E-state index is 0.139. The van der Waals surface area contributed by atoms with Crippen LogP contribution in [0.1, 0.15) is 5.56 Å². The van der Waals surface area contributed by atoms with Crippen molar-refractivity contribution in [2.75, 3.05) is 12.9 Å². The first kappa shape index (κ1) is 18.9. The van der Waals surface area contributed by atoms with Gasteiger partial charge in [0.1, 0.15) is 11.5 Å².